The number of aromatic nitrogens is 3. The van der Waals surface area contributed by atoms with E-state index in [2.05, 4.69) is 50.6 Å². The fraction of sp³-hybridized carbons (Fsp3) is 0. The highest BCUT2D eigenvalue weighted by Crippen LogP contribution is 2.28. The van der Waals surface area contributed by atoms with Crippen LogP contribution < -0.4 is 30.2 Å². The quantitative estimate of drug-likeness (QED) is 0.0684. The zero-order chi connectivity index (χ0) is 32.3. The molecule has 0 aliphatic heterocycles. The SMILES string of the molecule is C=CC(=O)Oc1cccc(Nc2nc(Nc3cccc(OC(=O)C=C)c3)nc(Nc3cccc(Oc4ccc(C=C)cc4)c3)n2)c1. The van der Waals surface area contributed by atoms with Crippen LogP contribution in [0, 0.1) is 0 Å². The van der Waals surface area contributed by atoms with Gasteiger partial charge in [-0.1, -0.05) is 56.1 Å². The van der Waals surface area contributed by atoms with Gasteiger partial charge in [0.1, 0.15) is 23.0 Å². The summed E-state index contributed by atoms with van der Waals surface area (Å²) in [4.78, 5) is 36.9. The van der Waals surface area contributed by atoms with Crippen LogP contribution in [-0.2, 0) is 9.59 Å². The number of anilines is 6. The van der Waals surface area contributed by atoms with Crippen LogP contribution in [0.25, 0.3) is 6.08 Å². The smallest absolute Gasteiger partial charge is 0.335 e. The Balaban J connectivity index is 1.42. The van der Waals surface area contributed by atoms with E-state index in [4.69, 9.17) is 14.2 Å². The fourth-order valence-corrected chi connectivity index (χ4v) is 3.97. The van der Waals surface area contributed by atoms with Crippen molar-refractivity contribution in [1.29, 1.82) is 0 Å². The summed E-state index contributed by atoms with van der Waals surface area (Å²) in [7, 11) is 0. The van der Waals surface area contributed by atoms with Gasteiger partial charge in [-0.25, -0.2) is 9.59 Å². The van der Waals surface area contributed by atoms with Gasteiger partial charge in [0.2, 0.25) is 17.8 Å². The van der Waals surface area contributed by atoms with E-state index in [1.165, 1.54) is 0 Å². The minimum atomic E-state index is -0.587. The van der Waals surface area contributed by atoms with E-state index in [-0.39, 0.29) is 17.8 Å². The lowest BCUT2D eigenvalue weighted by Gasteiger charge is -2.13. The second-order valence-electron chi connectivity index (χ2n) is 9.39. The van der Waals surface area contributed by atoms with Gasteiger partial charge in [-0.15, -0.1) is 0 Å². The number of carbonyl (C=O) groups is 2. The van der Waals surface area contributed by atoms with Crippen LogP contribution in [0.3, 0.4) is 0 Å². The molecule has 0 saturated heterocycles. The van der Waals surface area contributed by atoms with E-state index in [9.17, 15) is 9.59 Å². The third kappa shape index (κ3) is 8.64. The summed E-state index contributed by atoms with van der Waals surface area (Å²) in [6.45, 7) is 10.6. The van der Waals surface area contributed by atoms with Crippen molar-refractivity contribution in [3.8, 4) is 23.0 Å². The van der Waals surface area contributed by atoms with Gasteiger partial charge in [0.05, 0.1) is 0 Å². The number of ether oxygens (including phenoxy) is 3. The molecule has 0 saturated carbocycles. The van der Waals surface area contributed by atoms with Gasteiger partial charge in [-0.05, 0) is 54.1 Å². The lowest BCUT2D eigenvalue weighted by molar-refractivity contribution is -0.129. The normalized spacial score (nSPS) is 10.2. The molecule has 0 amide bonds. The Labute approximate surface area is 264 Å². The van der Waals surface area contributed by atoms with Gasteiger partial charge in [-0.2, -0.15) is 15.0 Å². The summed E-state index contributed by atoms with van der Waals surface area (Å²) in [6, 6.07) is 28.3. The highest BCUT2D eigenvalue weighted by molar-refractivity contribution is 5.84. The Morgan fingerprint density at radius 3 is 1.37 bits per heavy atom. The van der Waals surface area contributed by atoms with Gasteiger partial charge < -0.3 is 30.2 Å². The second kappa shape index (κ2) is 14.6. The molecule has 5 rings (SSSR count). The third-order valence-corrected chi connectivity index (χ3v) is 6.03. The number of rotatable bonds is 13. The van der Waals surface area contributed by atoms with Crippen LogP contribution in [0.2, 0.25) is 0 Å². The predicted octanol–water partition coefficient (Wildman–Crippen LogP) is 7.72. The topological polar surface area (TPSA) is 137 Å². The molecule has 0 aliphatic rings. The van der Waals surface area contributed by atoms with E-state index in [0.717, 1.165) is 17.7 Å². The summed E-state index contributed by atoms with van der Waals surface area (Å²) in [5.74, 6) is 1.27. The first kappa shape index (κ1) is 30.7. The monoisotopic (exact) mass is 612 g/mol. The van der Waals surface area contributed by atoms with Crippen molar-refractivity contribution >= 4 is 52.9 Å². The molecular formula is C35H28N6O5. The summed E-state index contributed by atoms with van der Waals surface area (Å²) in [5.41, 5.74) is 2.74. The first-order valence-electron chi connectivity index (χ1n) is 13.9. The number of hydrogen-bond donors (Lipinski definition) is 3. The first-order chi connectivity index (χ1) is 22.4. The molecule has 0 aliphatic carbocycles. The number of esters is 2. The number of nitrogens with zero attached hydrogens (tertiary/aromatic N) is 3. The van der Waals surface area contributed by atoms with Crippen LogP contribution in [0.15, 0.2) is 129 Å². The maximum atomic E-state index is 11.7. The molecule has 46 heavy (non-hydrogen) atoms. The van der Waals surface area contributed by atoms with Gasteiger partial charge in [0.15, 0.2) is 0 Å². The van der Waals surface area contributed by atoms with Crippen molar-refractivity contribution in [2.24, 2.45) is 0 Å². The van der Waals surface area contributed by atoms with Crippen LogP contribution in [0.1, 0.15) is 5.56 Å². The molecule has 0 spiro atoms. The maximum absolute atomic E-state index is 11.7. The summed E-state index contributed by atoms with van der Waals surface area (Å²) in [6.07, 6.45) is 3.92. The lowest BCUT2D eigenvalue weighted by Crippen LogP contribution is -2.08. The first-order valence-corrected chi connectivity index (χ1v) is 13.9. The Morgan fingerprint density at radius 2 is 0.957 bits per heavy atom. The number of benzene rings is 4. The van der Waals surface area contributed by atoms with Gasteiger partial charge in [-0.3, -0.25) is 0 Å². The average molecular weight is 613 g/mol. The zero-order valence-corrected chi connectivity index (χ0v) is 24.5. The molecule has 0 bridgehead atoms. The average Bonchev–Trinajstić information content (AvgIpc) is 3.05. The Kier molecular flexibility index (Phi) is 9.76. The molecule has 11 nitrogen and oxygen atoms in total. The largest absolute Gasteiger partial charge is 0.457 e. The van der Waals surface area contributed by atoms with Crippen LogP contribution in [0.4, 0.5) is 34.9 Å². The van der Waals surface area contributed by atoms with E-state index in [0.29, 0.717) is 40.1 Å². The Hall–Kier alpha value is -6.75. The standard InChI is InChI=1S/C35H28N6O5/c1-4-23-16-18-27(19-17-23)44-28-13-7-10-24(20-28)36-33-39-34(37-25-11-8-14-29(21-25)45-31(42)5-2)41-35(40-33)38-26-12-9-15-30(22-26)46-32(43)6-3/h4-22H,1-3H2,(H3,36,37,38,39,40,41). The lowest BCUT2D eigenvalue weighted by atomic mass is 10.2. The van der Waals surface area contributed by atoms with Gasteiger partial charge in [0, 0.05) is 47.4 Å². The van der Waals surface area contributed by atoms with Crippen LogP contribution >= 0.6 is 0 Å². The molecule has 0 fully saturated rings. The van der Waals surface area contributed by atoms with Gasteiger partial charge in [0.25, 0.3) is 0 Å². The number of hydrogen-bond acceptors (Lipinski definition) is 11. The molecule has 11 heteroatoms. The number of carbonyl (C=O) groups excluding carboxylic acids is 2. The van der Waals surface area contributed by atoms with E-state index >= 15 is 0 Å². The molecule has 5 aromatic rings. The second-order valence-corrected chi connectivity index (χ2v) is 9.39. The highest BCUT2D eigenvalue weighted by Gasteiger charge is 2.11. The van der Waals surface area contributed by atoms with Crippen molar-refractivity contribution in [3.05, 3.63) is 135 Å². The van der Waals surface area contributed by atoms with E-state index < -0.39 is 11.9 Å². The molecule has 1 aromatic heterocycles. The maximum Gasteiger partial charge on any atom is 0.335 e. The molecule has 0 unspecified atom stereocenters. The summed E-state index contributed by atoms with van der Waals surface area (Å²) in [5, 5.41) is 9.42. The molecular weight excluding hydrogens is 584 g/mol. The minimum absolute atomic E-state index is 0.177. The van der Waals surface area contributed by atoms with E-state index in [1.54, 1.807) is 60.7 Å². The van der Waals surface area contributed by atoms with Crippen molar-refractivity contribution < 1.29 is 23.8 Å². The third-order valence-electron chi connectivity index (χ3n) is 6.03. The summed E-state index contributed by atoms with van der Waals surface area (Å²) < 4.78 is 16.5. The van der Waals surface area contributed by atoms with Crippen LogP contribution in [-0.4, -0.2) is 26.9 Å². The van der Waals surface area contributed by atoms with Crippen molar-refractivity contribution in [2.75, 3.05) is 16.0 Å². The molecule has 3 N–H and O–H groups in total. The fourth-order valence-electron chi connectivity index (χ4n) is 3.97. The summed E-state index contributed by atoms with van der Waals surface area (Å²) >= 11 is 0. The molecule has 4 aromatic carbocycles. The molecule has 1 heterocycles. The Morgan fingerprint density at radius 1 is 0.543 bits per heavy atom. The van der Waals surface area contributed by atoms with Gasteiger partial charge >= 0.3 is 11.9 Å². The Bertz CT molecular complexity index is 1820. The van der Waals surface area contributed by atoms with E-state index in [1.807, 2.05) is 42.5 Å². The molecule has 0 radical (unpaired) electrons. The number of nitrogens with one attached hydrogen (secondary N) is 3. The van der Waals surface area contributed by atoms with Crippen molar-refractivity contribution in [3.63, 3.8) is 0 Å². The highest BCUT2D eigenvalue weighted by atomic mass is 16.5. The zero-order valence-electron chi connectivity index (χ0n) is 24.5. The molecule has 0 atom stereocenters. The van der Waals surface area contributed by atoms with Crippen molar-refractivity contribution in [2.45, 2.75) is 0 Å². The van der Waals surface area contributed by atoms with Crippen molar-refractivity contribution in [1.82, 2.24) is 15.0 Å². The minimum Gasteiger partial charge on any atom is -0.457 e. The predicted molar refractivity (Wildman–Crippen MR) is 177 cm³/mol. The van der Waals surface area contributed by atoms with Crippen LogP contribution in [0.5, 0.6) is 23.0 Å². The molecule has 228 valence electrons.